The summed E-state index contributed by atoms with van der Waals surface area (Å²) in [5, 5.41) is 2.84. The van der Waals surface area contributed by atoms with Crippen LogP contribution in [0.25, 0.3) is 0 Å². The van der Waals surface area contributed by atoms with Crippen LogP contribution in [0, 0.1) is 0 Å². The van der Waals surface area contributed by atoms with Crippen molar-refractivity contribution in [3.63, 3.8) is 0 Å². The predicted molar refractivity (Wildman–Crippen MR) is 87.9 cm³/mol. The number of anilines is 1. The first-order valence-electron chi connectivity index (χ1n) is 7.05. The van der Waals surface area contributed by atoms with Crippen LogP contribution in [0.5, 0.6) is 0 Å². The van der Waals surface area contributed by atoms with E-state index in [-0.39, 0.29) is 17.2 Å². The molecule has 0 aliphatic heterocycles. The summed E-state index contributed by atoms with van der Waals surface area (Å²) in [5.41, 5.74) is 0.352. The Morgan fingerprint density at radius 3 is 2.18 bits per heavy atom. The van der Waals surface area contributed by atoms with E-state index < -0.39 is 20.0 Å². The van der Waals surface area contributed by atoms with Gasteiger partial charge in [-0.15, -0.1) is 0 Å². The average Bonchev–Trinajstić information content (AvgIpc) is 2.45. The van der Waals surface area contributed by atoms with Crippen molar-refractivity contribution in [1.29, 1.82) is 0 Å². The second-order valence-electron chi connectivity index (χ2n) is 4.80. The van der Waals surface area contributed by atoms with Gasteiger partial charge in [-0.2, -0.15) is 0 Å². The zero-order valence-electron chi connectivity index (χ0n) is 12.8. The second-order valence-corrected chi connectivity index (χ2v) is 8.41. The summed E-state index contributed by atoms with van der Waals surface area (Å²) in [6.07, 6.45) is 1.37. The summed E-state index contributed by atoms with van der Waals surface area (Å²) >= 11 is 0. The number of sulfonamides is 2. The number of benzene rings is 1. The molecule has 0 unspecified atom stereocenters. The van der Waals surface area contributed by atoms with Gasteiger partial charge in [0.05, 0.1) is 10.6 Å². The normalized spacial score (nSPS) is 12.3. The van der Waals surface area contributed by atoms with Gasteiger partial charge in [-0.3, -0.25) is 4.72 Å². The molecule has 0 fully saturated rings. The van der Waals surface area contributed by atoms with Gasteiger partial charge in [0.15, 0.2) is 0 Å². The molecule has 0 saturated heterocycles. The highest BCUT2D eigenvalue weighted by molar-refractivity contribution is 7.92. The number of likely N-dealkylation sites (N-methyl/N-ethyl adjacent to an activating group) is 1. The van der Waals surface area contributed by atoms with E-state index >= 15 is 0 Å². The molecule has 7 nitrogen and oxygen atoms in total. The Morgan fingerprint density at radius 2 is 1.64 bits per heavy atom. The monoisotopic (exact) mass is 349 g/mol. The van der Waals surface area contributed by atoms with Crippen LogP contribution in [-0.4, -0.2) is 42.7 Å². The fraction of sp³-hybridized carbons (Fsp3) is 0.538. The molecule has 22 heavy (non-hydrogen) atoms. The van der Waals surface area contributed by atoms with Crippen molar-refractivity contribution < 1.29 is 16.8 Å². The van der Waals surface area contributed by atoms with Crippen LogP contribution in [0.4, 0.5) is 5.69 Å². The molecule has 126 valence electrons. The van der Waals surface area contributed by atoms with E-state index in [2.05, 4.69) is 14.8 Å². The smallest absolute Gasteiger partial charge is 0.240 e. The van der Waals surface area contributed by atoms with Crippen LogP contribution in [0.3, 0.4) is 0 Å². The first kappa shape index (κ1) is 18.9. The number of unbranched alkanes of at least 4 members (excludes halogenated alkanes) is 1. The van der Waals surface area contributed by atoms with Gasteiger partial charge in [-0.05, 0) is 37.7 Å². The van der Waals surface area contributed by atoms with Crippen molar-refractivity contribution in [3.05, 3.63) is 24.3 Å². The summed E-state index contributed by atoms with van der Waals surface area (Å²) in [5.74, 6) is 0.0507. The molecule has 0 saturated carbocycles. The van der Waals surface area contributed by atoms with Crippen molar-refractivity contribution in [2.24, 2.45) is 0 Å². The molecule has 0 atom stereocenters. The van der Waals surface area contributed by atoms with Gasteiger partial charge in [0.1, 0.15) is 0 Å². The lowest BCUT2D eigenvalue weighted by atomic mass is 10.3. The van der Waals surface area contributed by atoms with Crippen molar-refractivity contribution in [3.8, 4) is 0 Å². The molecule has 0 amide bonds. The Kier molecular flexibility index (Phi) is 7.27. The van der Waals surface area contributed by atoms with E-state index in [1.807, 2.05) is 6.92 Å². The fourth-order valence-corrected chi connectivity index (χ4v) is 3.96. The fourth-order valence-electron chi connectivity index (χ4n) is 1.66. The maximum absolute atomic E-state index is 12.0. The zero-order chi connectivity index (χ0) is 16.6. The predicted octanol–water partition coefficient (Wildman–Crippen LogP) is 0.726. The lowest BCUT2D eigenvalue weighted by Gasteiger charge is -2.09. The highest BCUT2D eigenvalue weighted by Crippen LogP contribution is 2.15. The summed E-state index contributed by atoms with van der Waals surface area (Å²) in [7, 11) is -5.23. The van der Waals surface area contributed by atoms with Crippen LogP contribution in [0.2, 0.25) is 0 Å². The molecule has 1 rings (SSSR count). The molecule has 0 bridgehead atoms. The lowest BCUT2D eigenvalue weighted by Crippen LogP contribution is -2.30. The Bertz CT molecular complexity index is 655. The number of hydrogen-bond acceptors (Lipinski definition) is 5. The molecule has 1 aromatic rings. The highest BCUT2D eigenvalue weighted by Gasteiger charge is 2.14. The maximum atomic E-state index is 12.0. The van der Waals surface area contributed by atoms with E-state index in [9.17, 15) is 16.8 Å². The van der Waals surface area contributed by atoms with Gasteiger partial charge in [0.2, 0.25) is 20.0 Å². The van der Waals surface area contributed by atoms with Gasteiger partial charge >= 0.3 is 0 Å². The third kappa shape index (κ3) is 6.30. The highest BCUT2D eigenvalue weighted by atomic mass is 32.2. The second kappa shape index (κ2) is 8.47. The molecule has 3 N–H and O–H groups in total. The average molecular weight is 349 g/mol. The quantitative estimate of drug-likeness (QED) is 0.540. The summed E-state index contributed by atoms with van der Waals surface area (Å²) < 4.78 is 52.3. The van der Waals surface area contributed by atoms with Gasteiger partial charge in [-0.25, -0.2) is 21.6 Å². The largest absolute Gasteiger partial charge is 0.318 e. The molecule has 9 heteroatoms. The van der Waals surface area contributed by atoms with E-state index in [0.29, 0.717) is 18.7 Å². The van der Waals surface area contributed by atoms with Crippen LogP contribution in [0.15, 0.2) is 29.2 Å². The standard InChI is InChI=1S/C13H23N3O4S2/c1-3-4-11-21(17,18)16-12-5-7-13(8-6-12)22(19,20)15-10-9-14-2/h5-8,14-16H,3-4,9-11H2,1-2H3. The third-order valence-electron chi connectivity index (χ3n) is 2.87. The molecule has 1 aromatic carbocycles. The van der Waals surface area contributed by atoms with Gasteiger partial charge in [-0.1, -0.05) is 13.3 Å². The topological polar surface area (TPSA) is 104 Å². The van der Waals surface area contributed by atoms with E-state index in [1.54, 1.807) is 7.05 Å². The number of rotatable bonds is 10. The number of hydrogen-bond donors (Lipinski definition) is 3. The molecule has 0 aromatic heterocycles. The molecule has 0 aliphatic carbocycles. The van der Waals surface area contributed by atoms with Crippen LogP contribution < -0.4 is 14.8 Å². The summed E-state index contributed by atoms with van der Waals surface area (Å²) in [6.45, 7) is 2.72. The zero-order valence-corrected chi connectivity index (χ0v) is 14.4. The van der Waals surface area contributed by atoms with Gasteiger partial charge < -0.3 is 5.32 Å². The molecule has 0 heterocycles. The van der Waals surface area contributed by atoms with E-state index in [4.69, 9.17) is 0 Å². The molecule has 0 aliphatic rings. The minimum absolute atomic E-state index is 0.0507. The summed E-state index contributed by atoms with van der Waals surface area (Å²) in [4.78, 5) is 0.0973. The molecular formula is C13H23N3O4S2. The summed E-state index contributed by atoms with van der Waals surface area (Å²) in [6, 6.07) is 5.63. The molecule has 0 spiro atoms. The third-order valence-corrected chi connectivity index (χ3v) is 5.72. The Morgan fingerprint density at radius 1 is 1.00 bits per heavy atom. The Balaban J connectivity index is 2.74. The molecule has 0 radical (unpaired) electrons. The van der Waals surface area contributed by atoms with E-state index in [0.717, 1.165) is 6.42 Å². The minimum atomic E-state index is -3.57. The van der Waals surface area contributed by atoms with Gasteiger partial charge in [0, 0.05) is 18.8 Å². The van der Waals surface area contributed by atoms with Crippen molar-refractivity contribution in [2.75, 3.05) is 30.6 Å². The SMILES string of the molecule is CCCCS(=O)(=O)Nc1ccc(S(=O)(=O)NCCNC)cc1. The van der Waals surface area contributed by atoms with Crippen LogP contribution >= 0.6 is 0 Å². The van der Waals surface area contributed by atoms with Crippen molar-refractivity contribution >= 4 is 25.7 Å². The first-order chi connectivity index (χ1) is 10.3. The van der Waals surface area contributed by atoms with Crippen LogP contribution in [-0.2, 0) is 20.0 Å². The Hall–Kier alpha value is -1.16. The van der Waals surface area contributed by atoms with Crippen LogP contribution in [0.1, 0.15) is 19.8 Å². The van der Waals surface area contributed by atoms with Crippen molar-refractivity contribution in [1.82, 2.24) is 10.0 Å². The van der Waals surface area contributed by atoms with Crippen molar-refractivity contribution in [2.45, 2.75) is 24.7 Å². The molecular weight excluding hydrogens is 326 g/mol. The lowest BCUT2D eigenvalue weighted by molar-refractivity contribution is 0.579. The Labute approximate surface area is 132 Å². The first-order valence-corrected chi connectivity index (χ1v) is 10.2. The van der Waals surface area contributed by atoms with E-state index in [1.165, 1.54) is 24.3 Å². The minimum Gasteiger partial charge on any atom is -0.318 e. The maximum Gasteiger partial charge on any atom is 0.240 e. The number of nitrogens with one attached hydrogen (secondary N) is 3. The van der Waals surface area contributed by atoms with Gasteiger partial charge in [0.25, 0.3) is 0 Å².